The summed E-state index contributed by atoms with van der Waals surface area (Å²) in [6.45, 7) is -1.59. The number of ether oxygens (including phenoxy) is 1. The van der Waals surface area contributed by atoms with Crippen molar-refractivity contribution in [3.05, 3.63) is 48.2 Å². The summed E-state index contributed by atoms with van der Waals surface area (Å²) in [7, 11) is 0. The third-order valence-electron chi connectivity index (χ3n) is 2.36. The van der Waals surface area contributed by atoms with Gasteiger partial charge in [0.1, 0.15) is 6.26 Å². The van der Waals surface area contributed by atoms with Gasteiger partial charge in [-0.05, 0) is 18.2 Å². The summed E-state index contributed by atoms with van der Waals surface area (Å²) in [5.41, 5.74) is 0.311. The van der Waals surface area contributed by atoms with Crippen molar-refractivity contribution in [1.82, 2.24) is 0 Å². The number of carbonyl (C=O) groups is 1. The Balaban J connectivity index is 2.03. The lowest BCUT2D eigenvalue weighted by molar-refractivity contribution is -0.153. The monoisotopic (exact) mass is 303 g/mol. The maximum Gasteiger partial charge on any atom is 0.422 e. The second-order valence-corrected chi connectivity index (χ2v) is 4.02. The normalized spacial score (nSPS) is 11.2. The molecule has 1 aromatic carbocycles. The molecule has 0 aliphatic carbocycles. The molecule has 0 aliphatic rings. The van der Waals surface area contributed by atoms with Crippen LogP contribution in [0.2, 0.25) is 0 Å². The first kappa shape index (κ1) is 14.9. The largest absolute Gasteiger partial charge is 0.481 e. The van der Waals surface area contributed by atoms with Crippen LogP contribution in [0.15, 0.2) is 41.2 Å². The van der Waals surface area contributed by atoms with E-state index in [1.54, 1.807) is 0 Å². The SMILES string of the molecule is O=C(Nc1ccc(OCC(F)(F)F)c(F)c1)c1ccoc1. The summed E-state index contributed by atoms with van der Waals surface area (Å²) in [4.78, 5) is 11.7. The predicted octanol–water partition coefficient (Wildman–Crippen LogP) is 3.61. The summed E-state index contributed by atoms with van der Waals surface area (Å²) in [5.74, 6) is -2.09. The third kappa shape index (κ3) is 4.23. The van der Waals surface area contributed by atoms with Crippen LogP contribution in [-0.4, -0.2) is 18.7 Å². The number of nitrogens with one attached hydrogen (secondary N) is 1. The highest BCUT2D eigenvalue weighted by Crippen LogP contribution is 2.24. The van der Waals surface area contributed by atoms with Crippen LogP contribution in [0.4, 0.5) is 23.2 Å². The van der Waals surface area contributed by atoms with Crippen LogP contribution < -0.4 is 10.1 Å². The highest BCUT2D eigenvalue weighted by molar-refractivity contribution is 6.03. The Bertz CT molecular complexity index is 623. The fourth-order valence-corrected chi connectivity index (χ4v) is 1.45. The molecule has 1 aromatic heterocycles. The molecule has 0 bridgehead atoms. The minimum atomic E-state index is -4.55. The fourth-order valence-electron chi connectivity index (χ4n) is 1.45. The van der Waals surface area contributed by atoms with Gasteiger partial charge < -0.3 is 14.5 Å². The van der Waals surface area contributed by atoms with Crippen LogP contribution in [0.3, 0.4) is 0 Å². The number of hydrogen-bond donors (Lipinski definition) is 1. The molecule has 8 heteroatoms. The van der Waals surface area contributed by atoms with Gasteiger partial charge in [0.2, 0.25) is 0 Å². The zero-order valence-electron chi connectivity index (χ0n) is 10.4. The van der Waals surface area contributed by atoms with E-state index in [-0.39, 0.29) is 11.3 Å². The van der Waals surface area contributed by atoms with E-state index in [1.807, 2.05) is 0 Å². The van der Waals surface area contributed by atoms with Crippen molar-refractivity contribution in [3.8, 4) is 5.75 Å². The van der Waals surface area contributed by atoms with Crippen LogP contribution in [0.25, 0.3) is 0 Å². The van der Waals surface area contributed by atoms with E-state index >= 15 is 0 Å². The standard InChI is InChI=1S/C13H9F4NO3/c14-10-5-9(18-12(19)8-3-4-20-6-8)1-2-11(10)21-7-13(15,16)17/h1-6H,7H2,(H,18,19). The van der Waals surface area contributed by atoms with E-state index in [1.165, 1.54) is 24.7 Å². The number of anilines is 1. The molecule has 0 radical (unpaired) electrons. The number of amides is 1. The molecule has 1 N–H and O–H groups in total. The topological polar surface area (TPSA) is 51.5 Å². The fraction of sp³-hybridized carbons (Fsp3) is 0.154. The van der Waals surface area contributed by atoms with Gasteiger partial charge in [-0.15, -0.1) is 0 Å². The number of halogens is 4. The summed E-state index contributed by atoms with van der Waals surface area (Å²) in [5, 5.41) is 2.37. The van der Waals surface area contributed by atoms with Gasteiger partial charge in [-0.25, -0.2) is 4.39 Å². The number of benzene rings is 1. The third-order valence-corrected chi connectivity index (χ3v) is 2.36. The van der Waals surface area contributed by atoms with Gasteiger partial charge in [-0.2, -0.15) is 13.2 Å². The lowest BCUT2D eigenvalue weighted by atomic mass is 10.2. The van der Waals surface area contributed by atoms with Crippen LogP contribution in [0.1, 0.15) is 10.4 Å². The predicted molar refractivity (Wildman–Crippen MR) is 64.6 cm³/mol. The number of hydrogen-bond acceptors (Lipinski definition) is 3. The summed E-state index contributed by atoms with van der Waals surface area (Å²) in [6.07, 6.45) is -2.06. The van der Waals surface area contributed by atoms with E-state index in [4.69, 9.17) is 4.42 Å². The Morgan fingerprint density at radius 1 is 1.29 bits per heavy atom. The summed E-state index contributed by atoms with van der Waals surface area (Å²) in [6, 6.07) is 4.51. The van der Waals surface area contributed by atoms with Gasteiger partial charge in [0.05, 0.1) is 11.8 Å². The van der Waals surface area contributed by atoms with E-state index < -0.39 is 30.3 Å². The van der Waals surface area contributed by atoms with Crippen molar-refractivity contribution in [2.24, 2.45) is 0 Å². The van der Waals surface area contributed by atoms with Crippen molar-refractivity contribution in [1.29, 1.82) is 0 Å². The molecular weight excluding hydrogens is 294 g/mol. The molecule has 0 unspecified atom stereocenters. The smallest absolute Gasteiger partial charge is 0.422 e. The highest BCUT2D eigenvalue weighted by atomic mass is 19.4. The lowest BCUT2D eigenvalue weighted by Gasteiger charge is -2.11. The maximum atomic E-state index is 13.6. The van der Waals surface area contributed by atoms with Crippen LogP contribution in [-0.2, 0) is 0 Å². The molecule has 0 atom stereocenters. The van der Waals surface area contributed by atoms with E-state index in [0.29, 0.717) is 0 Å². The second kappa shape index (κ2) is 5.86. The molecule has 0 spiro atoms. The number of furan rings is 1. The summed E-state index contributed by atoms with van der Waals surface area (Å²) < 4.78 is 58.5. The number of alkyl halides is 3. The highest BCUT2D eigenvalue weighted by Gasteiger charge is 2.28. The first-order valence-electron chi connectivity index (χ1n) is 5.68. The molecule has 1 heterocycles. The number of carbonyl (C=O) groups excluding carboxylic acids is 1. The molecule has 0 aliphatic heterocycles. The molecule has 0 saturated carbocycles. The average Bonchev–Trinajstić information content (AvgIpc) is 2.90. The number of rotatable bonds is 4. The Kier molecular flexibility index (Phi) is 4.15. The van der Waals surface area contributed by atoms with Crippen molar-refractivity contribution in [2.45, 2.75) is 6.18 Å². The average molecular weight is 303 g/mol. The Morgan fingerprint density at radius 2 is 2.05 bits per heavy atom. The van der Waals surface area contributed by atoms with Gasteiger partial charge >= 0.3 is 6.18 Å². The quantitative estimate of drug-likeness (QED) is 0.878. The minimum absolute atomic E-state index is 0.0815. The van der Waals surface area contributed by atoms with Gasteiger partial charge in [-0.1, -0.05) is 0 Å². The van der Waals surface area contributed by atoms with E-state index in [2.05, 4.69) is 10.1 Å². The second-order valence-electron chi connectivity index (χ2n) is 4.02. The van der Waals surface area contributed by atoms with E-state index in [9.17, 15) is 22.4 Å². The van der Waals surface area contributed by atoms with Crippen LogP contribution in [0, 0.1) is 5.82 Å². The molecule has 112 valence electrons. The van der Waals surface area contributed by atoms with Crippen molar-refractivity contribution in [2.75, 3.05) is 11.9 Å². The van der Waals surface area contributed by atoms with Gasteiger partial charge in [0.25, 0.3) is 5.91 Å². The van der Waals surface area contributed by atoms with Crippen LogP contribution >= 0.6 is 0 Å². The van der Waals surface area contributed by atoms with Crippen molar-refractivity contribution >= 4 is 11.6 Å². The molecule has 2 aromatic rings. The molecular formula is C13H9F4NO3. The molecule has 21 heavy (non-hydrogen) atoms. The molecule has 0 fully saturated rings. The van der Waals surface area contributed by atoms with Crippen molar-refractivity contribution < 1.29 is 31.5 Å². The first-order chi connectivity index (χ1) is 9.85. The van der Waals surface area contributed by atoms with Crippen molar-refractivity contribution in [3.63, 3.8) is 0 Å². The summed E-state index contributed by atoms with van der Waals surface area (Å²) >= 11 is 0. The zero-order chi connectivity index (χ0) is 15.5. The Hall–Kier alpha value is -2.51. The molecule has 4 nitrogen and oxygen atoms in total. The van der Waals surface area contributed by atoms with Gasteiger partial charge in [0, 0.05) is 11.8 Å². The van der Waals surface area contributed by atoms with Gasteiger partial charge in [-0.3, -0.25) is 4.79 Å². The zero-order valence-corrected chi connectivity index (χ0v) is 10.4. The van der Waals surface area contributed by atoms with Crippen LogP contribution in [0.5, 0.6) is 5.75 Å². The first-order valence-corrected chi connectivity index (χ1v) is 5.68. The maximum absolute atomic E-state index is 13.6. The van der Waals surface area contributed by atoms with E-state index in [0.717, 1.165) is 12.1 Å². The Morgan fingerprint density at radius 3 is 2.62 bits per heavy atom. The Labute approximate surface area is 116 Å². The van der Waals surface area contributed by atoms with Gasteiger partial charge in [0.15, 0.2) is 18.2 Å². The molecule has 1 amide bonds. The lowest BCUT2D eigenvalue weighted by Crippen LogP contribution is -2.19. The molecule has 0 saturated heterocycles. The molecule has 2 rings (SSSR count). The minimum Gasteiger partial charge on any atom is -0.481 e.